The van der Waals surface area contributed by atoms with Gasteiger partial charge in [-0.3, -0.25) is 10.1 Å². The Bertz CT molecular complexity index is 981. The molecule has 0 saturated heterocycles. The van der Waals surface area contributed by atoms with Crippen molar-refractivity contribution in [3.05, 3.63) is 44.2 Å². The fraction of sp³-hybridized carbons (Fsp3) is 0.409. The van der Waals surface area contributed by atoms with E-state index in [0.29, 0.717) is 22.7 Å². The minimum atomic E-state index is -0.315. The maximum atomic E-state index is 12.6. The fourth-order valence-corrected chi connectivity index (χ4v) is 5.39. The number of hydrogen-bond donors (Lipinski definition) is 2. The van der Waals surface area contributed by atoms with Crippen LogP contribution in [-0.4, -0.2) is 17.6 Å². The van der Waals surface area contributed by atoms with Gasteiger partial charge in [-0.05, 0) is 77.6 Å². The molecule has 0 atom stereocenters. The lowest BCUT2D eigenvalue weighted by molar-refractivity contribution is 0.0977. The van der Waals surface area contributed by atoms with E-state index in [4.69, 9.17) is 17.0 Å². The standard InChI is InChI=1S/C22H24BrN3O2S2/c1-2-3-4-5-11-28-18-10-9-14(12-17(18)23)20(27)25-22(29)26-21-16(13-24)15-7-6-8-19(15)30-21/h9-10,12H,2-8,11H2,1H3,(H2,25,26,27,29). The van der Waals surface area contributed by atoms with Gasteiger partial charge < -0.3 is 10.1 Å². The molecule has 0 fully saturated rings. The first kappa shape index (κ1) is 22.7. The van der Waals surface area contributed by atoms with Gasteiger partial charge in [-0.2, -0.15) is 5.26 Å². The van der Waals surface area contributed by atoms with Crippen molar-refractivity contribution >= 4 is 55.5 Å². The van der Waals surface area contributed by atoms with E-state index in [0.717, 1.165) is 47.9 Å². The van der Waals surface area contributed by atoms with Crippen molar-refractivity contribution in [1.82, 2.24) is 5.32 Å². The summed E-state index contributed by atoms with van der Waals surface area (Å²) in [5.74, 6) is 0.404. The highest BCUT2D eigenvalue weighted by Gasteiger charge is 2.23. The van der Waals surface area contributed by atoms with Crippen molar-refractivity contribution in [3.63, 3.8) is 0 Å². The third kappa shape index (κ3) is 5.60. The highest BCUT2D eigenvalue weighted by atomic mass is 79.9. The first-order valence-electron chi connectivity index (χ1n) is 10.1. The molecule has 1 amide bonds. The monoisotopic (exact) mass is 505 g/mol. The van der Waals surface area contributed by atoms with E-state index in [9.17, 15) is 10.1 Å². The number of rotatable bonds is 8. The largest absolute Gasteiger partial charge is 0.492 e. The summed E-state index contributed by atoms with van der Waals surface area (Å²) in [6, 6.07) is 7.48. The van der Waals surface area contributed by atoms with Crippen LogP contribution >= 0.6 is 39.5 Å². The van der Waals surface area contributed by atoms with Crippen LogP contribution in [0.2, 0.25) is 0 Å². The maximum Gasteiger partial charge on any atom is 0.257 e. The number of halogens is 1. The third-order valence-electron chi connectivity index (χ3n) is 4.94. The van der Waals surface area contributed by atoms with Crippen LogP contribution in [0.1, 0.15) is 65.4 Å². The number of nitriles is 1. The average Bonchev–Trinajstić information content (AvgIpc) is 3.29. The lowest BCUT2D eigenvalue weighted by atomic mass is 10.1. The van der Waals surface area contributed by atoms with Crippen LogP contribution in [0.4, 0.5) is 5.00 Å². The molecule has 1 aromatic carbocycles. The molecule has 0 unspecified atom stereocenters. The van der Waals surface area contributed by atoms with Crippen molar-refractivity contribution in [2.75, 3.05) is 11.9 Å². The molecular formula is C22H24BrN3O2S2. The molecule has 1 aromatic heterocycles. The number of fused-ring (bicyclic) bond motifs is 1. The lowest BCUT2D eigenvalue weighted by Crippen LogP contribution is -2.34. The zero-order chi connectivity index (χ0) is 21.5. The van der Waals surface area contributed by atoms with E-state index in [1.165, 1.54) is 17.7 Å². The Balaban J connectivity index is 1.56. The van der Waals surface area contributed by atoms with Crippen molar-refractivity contribution < 1.29 is 9.53 Å². The highest BCUT2D eigenvalue weighted by molar-refractivity contribution is 9.10. The number of nitrogens with one attached hydrogen (secondary N) is 2. The van der Waals surface area contributed by atoms with E-state index >= 15 is 0 Å². The summed E-state index contributed by atoms with van der Waals surface area (Å²) in [6.45, 7) is 2.83. The number of unbranched alkanes of at least 4 members (excludes halogenated alkanes) is 3. The van der Waals surface area contributed by atoms with Crippen LogP contribution in [0, 0.1) is 11.3 Å². The molecule has 2 aromatic rings. The van der Waals surface area contributed by atoms with Crippen molar-refractivity contribution in [2.24, 2.45) is 0 Å². The summed E-state index contributed by atoms with van der Waals surface area (Å²) in [4.78, 5) is 13.8. The molecule has 1 heterocycles. The van der Waals surface area contributed by atoms with E-state index in [1.54, 1.807) is 29.5 Å². The molecule has 5 nitrogen and oxygen atoms in total. The number of amides is 1. The van der Waals surface area contributed by atoms with E-state index in [-0.39, 0.29) is 11.0 Å². The molecule has 0 spiro atoms. The number of thiophene rings is 1. The van der Waals surface area contributed by atoms with Gasteiger partial charge in [-0.15, -0.1) is 11.3 Å². The second-order valence-electron chi connectivity index (χ2n) is 7.14. The Kier molecular flexibility index (Phi) is 8.25. The smallest absolute Gasteiger partial charge is 0.257 e. The average molecular weight is 506 g/mol. The molecule has 1 aliphatic carbocycles. The van der Waals surface area contributed by atoms with Gasteiger partial charge in [0.05, 0.1) is 16.6 Å². The number of carbonyl (C=O) groups is 1. The molecule has 158 valence electrons. The molecular weight excluding hydrogens is 482 g/mol. The molecule has 0 radical (unpaired) electrons. The summed E-state index contributed by atoms with van der Waals surface area (Å²) < 4.78 is 6.52. The van der Waals surface area contributed by atoms with Gasteiger partial charge >= 0.3 is 0 Å². The quantitative estimate of drug-likeness (QED) is 0.342. The minimum Gasteiger partial charge on any atom is -0.492 e. The van der Waals surface area contributed by atoms with Gasteiger partial charge in [-0.25, -0.2) is 0 Å². The van der Waals surface area contributed by atoms with Gasteiger partial charge in [0.15, 0.2) is 5.11 Å². The summed E-state index contributed by atoms with van der Waals surface area (Å²) in [5, 5.41) is 16.1. The van der Waals surface area contributed by atoms with Crippen LogP contribution < -0.4 is 15.4 Å². The van der Waals surface area contributed by atoms with Crippen LogP contribution in [0.15, 0.2) is 22.7 Å². The van der Waals surface area contributed by atoms with Gasteiger partial charge in [-0.1, -0.05) is 26.2 Å². The Hall–Kier alpha value is -1.95. The fourth-order valence-electron chi connectivity index (χ4n) is 3.39. The number of anilines is 1. The topological polar surface area (TPSA) is 74.2 Å². The Labute approximate surface area is 194 Å². The number of aryl methyl sites for hydroxylation is 1. The predicted octanol–water partition coefficient (Wildman–Crippen LogP) is 5.96. The zero-order valence-electron chi connectivity index (χ0n) is 16.8. The number of nitrogens with zero attached hydrogens (tertiary/aromatic N) is 1. The highest BCUT2D eigenvalue weighted by Crippen LogP contribution is 2.38. The molecule has 0 saturated carbocycles. The van der Waals surface area contributed by atoms with Crippen LogP contribution in [0.3, 0.4) is 0 Å². The molecule has 30 heavy (non-hydrogen) atoms. The molecule has 8 heteroatoms. The van der Waals surface area contributed by atoms with Gasteiger partial charge in [0, 0.05) is 10.4 Å². The van der Waals surface area contributed by atoms with Gasteiger partial charge in [0.1, 0.15) is 16.8 Å². The minimum absolute atomic E-state index is 0.184. The van der Waals surface area contributed by atoms with Crippen molar-refractivity contribution in [2.45, 2.75) is 51.9 Å². The maximum absolute atomic E-state index is 12.6. The third-order valence-corrected chi connectivity index (χ3v) is 6.97. The van der Waals surface area contributed by atoms with Gasteiger partial charge in [0.25, 0.3) is 5.91 Å². The van der Waals surface area contributed by atoms with Crippen molar-refractivity contribution in [1.29, 1.82) is 5.26 Å². The van der Waals surface area contributed by atoms with E-state index < -0.39 is 0 Å². The summed E-state index contributed by atoms with van der Waals surface area (Å²) >= 11 is 10.3. The second-order valence-corrected chi connectivity index (χ2v) is 9.50. The molecule has 1 aliphatic rings. The number of thiocarbonyl (C=S) groups is 1. The first-order chi connectivity index (χ1) is 14.5. The summed E-state index contributed by atoms with van der Waals surface area (Å²) in [5.41, 5.74) is 2.24. The number of hydrogen-bond acceptors (Lipinski definition) is 5. The van der Waals surface area contributed by atoms with Crippen molar-refractivity contribution in [3.8, 4) is 11.8 Å². The first-order valence-corrected chi connectivity index (χ1v) is 12.1. The SMILES string of the molecule is CCCCCCOc1ccc(C(=O)NC(=S)Nc2sc3c(c2C#N)CCC3)cc1Br. The van der Waals surface area contributed by atoms with Gasteiger partial charge in [0.2, 0.25) is 0 Å². The van der Waals surface area contributed by atoms with E-state index in [2.05, 4.69) is 39.6 Å². The van der Waals surface area contributed by atoms with Crippen LogP contribution in [0.25, 0.3) is 0 Å². The Morgan fingerprint density at radius 1 is 1.33 bits per heavy atom. The predicted molar refractivity (Wildman–Crippen MR) is 129 cm³/mol. The number of carbonyl (C=O) groups excluding carboxylic acids is 1. The molecule has 0 aliphatic heterocycles. The molecule has 3 rings (SSSR count). The van der Waals surface area contributed by atoms with E-state index in [1.807, 2.05) is 0 Å². The molecule has 0 bridgehead atoms. The van der Waals surface area contributed by atoms with Crippen LogP contribution in [0.5, 0.6) is 5.75 Å². The normalized spacial score (nSPS) is 12.2. The Morgan fingerprint density at radius 2 is 2.17 bits per heavy atom. The Morgan fingerprint density at radius 3 is 2.90 bits per heavy atom. The molecule has 2 N–H and O–H groups in total. The lowest BCUT2D eigenvalue weighted by Gasteiger charge is -2.11. The zero-order valence-corrected chi connectivity index (χ0v) is 20.1. The number of ether oxygens (including phenoxy) is 1. The second kappa shape index (κ2) is 10.9. The number of benzene rings is 1. The summed E-state index contributed by atoms with van der Waals surface area (Å²) in [7, 11) is 0. The van der Waals surface area contributed by atoms with Crippen LogP contribution in [-0.2, 0) is 12.8 Å². The summed E-state index contributed by atoms with van der Waals surface area (Å²) in [6.07, 6.45) is 7.58.